The largest absolute Gasteiger partial charge is 0.362 e. The smallest absolute Gasteiger partial charge is 0.257 e. The highest BCUT2D eigenvalue weighted by Crippen LogP contribution is 2.48. The molecule has 1 aromatic carbocycles. The van der Waals surface area contributed by atoms with E-state index in [1.54, 1.807) is 25.3 Å². The van der Waals surface area contributed by atoms with Crippen molar-refractivity contribution in [1.29, 1.82) is 0 Å². The maximum absolute atomic E-state index is 14.1. The highest BCUT2D eigenvalue weighted by Gasteiger charge is 2.49. The molecule has 3 atom stereocenters. The molecule has 5 rings (SSSR count). The Morgan fingerprint density at radius 2 is 2.17 bits per heavy atom. The molecule has 1 aromatic heterocycles. The minimum Gasteiger partial charge on any atom is -0.362 e. The van der Waals surface area contributed by atoms with Crippen molar-refractivity contribution in [3.63, 3.8) is 0 Å². The van der Waals surface area contributed by atoms with Gasteiger partial charge in [-0.05, 0) is 38.2 Å². The number of aromatic nitrogens is 1. The van der Waals surface area contributed by atoms with Gasteiger partial charge in [0, 0.05) is 36.5 Å². The summed E-state index contributed by atoms with van der Waals surface area (Å²) in [6.07, 6.45) is 5.24. The summed E-state index contributed by atoms with van der Waals surface area (Å²) in [5, 5.41) is 2.66. The number of fused-ring (bicyclic) bond motifs is 6. The van der Waals surface area contributed by atoms with Crippen molar-refractivity contribution >= 4 is 23.2 Å². The number of hydrogen-bond acceptors (Lipinski definition) is 3. The predicted octanol–water partition coefficient (Wildman–Crippen LogP) is 3.72. The lowest BCUT2D eigenvalue weighted by Gasteiger charge is -2.44. The van der Waals surface area contributed by atoms with Crippen molar-refractivity contribution in [3.05, 3.63) is 74.4 Å². The van der Waals surface area contributed by atoms with E-state index < -0.39 is 11.7 Å². The number of piperidine rings is 1. The first-order valence-electron chi connectivity index (χ1n) is 10.3. The summed E-state index contributed by atoms with van der Waals surface area (Å²) in [5.41, 5.74) is 2.28. The lowest BCUT2D eigenvalue weighted by atomic mass is 9.94. The molecule has 1 aliphatic carbocycles. The van der Waals surface area contributed by atoms with Crippen LogP contribution in [0.3, 0.4) is 0 Å². The van der Waals surface area contributed by atoms with Gasteiger partial charge in [0.15, 0.2) is 5.43 Å². The first-order chi connectivity index (χ1) is 14.4. The Bertz CT molecular complexity index is 1140. The van der Waals surface area contributed by atoms with Gasteiger partial charge in [-0.15, -0.1) is 0 Å². The first kappa shape index (κ1) is 19.4. The number of pyridine rings is 1. The van der Waals surface area contributed by atoms with Gasteiger partial charge in [0.1, 0.15) is 11.4 Å². The van der Waals surface area contributed by atoms with E-state index in [0.717, 1.165) is 17.9 Å². The molecule has 2 bridgehead atoms. The Labute approximate surface area is 179 Å². The molecule has 7 heteroatoms. The molecule has 5 nitrogen and oxygen atoms in total. The van der Waals surface area contributed by atoms with Crippen LogP contribution in [0.4, 0.5) is 4.39 Å². The third-order valence-electron chi connectivity index (χ3n) is 6.94. The molecule has 1 saturated carbocycles. The fourth-order valence-electron chi connectivity index (χ4n) is 5.52. The van der Waals surface area contributed by atoms with Crippen molar-refractivity contribution in [2.75, 3.05) is 0 Å². The second kappa shape index (κ2) is 6.98. The van der Waals surface area contributed by atoms with Crippen molar-refractivity contribution in [1.82, 2.24) is 14.8 Å². The van der Waals surface area contributed by atoms with Crippen LogP contribution in [-0.2, 0) is 13.1 Å². The monoisotopic (exact) mass is 427 g/mol. The number of amides is 1. The fourth-order valence-corrected chi connectivity index (χ4v) is 5.71. The summed E-state index contributed by atoms with van der Waals surface area (Å²) in [6.45, 7) is 6.76. The molecule has 156 valence electrons. The molecule has 30 heavy (non-hydrogen) atoms. The number of halogens is 2. The van der Waals surface area contributed by atoms with E-state index in [4.69, 9.17) is 11.6 Å². The lowest BCUT2D eigenvalue weighted by molar-refractivity contribution is 0.0947. The van der Waals surface area contributed by atoms with Crippen LogP contribution in [0, 0.1) is 18.7 Å². The van der Waals surface area contributed by atoms with Crippen LogP contribution in [0.5, 0.6) is 0 Å². The Hall–Kier alpha value is -2.60. The van der Waals surface area contributed by atoms with Gasteiger partial charge < -0.3 is 14.8 Å². The van der Waals surface area contributed by atoms with Gasteiger partial charge in [-0.25, -0.2) is 4.39 Å². The van der Waals surface area contributed by atoms with Crippen LogP contribution in [-0.4, -0.2) is 27.5 Å². The molecule has 1 N–H and O–H groups in total. The van der Waals surface area contributed by atoms with E-state index in [1.807, 2.05) is 4.57 Å². The van der Waals surface area contributed by atoms with Crippen LogP contribution in [0.25, 0.3) is 5.70 Å². The van der Waals surface area contributed by atoms with E-state index in [2.05, 4.69) is 16.8 Å². The van der Waals surface area contributed by atoms with E-state index in [0.29, 0.717) is 23.6 Å². The molecule has 3 heterocycles. The zero-order valence-corrected chi connectivity index (χ0v) is 17.5. The standard InChI is InChI=1S/C23H23ClFN3O2/c1-12-21-13(2)28-16-7-6-14(8-16)19(28)11-27(21)10-17(22(12)29)23(30)26-9-15-4-3-5-18(24)20(15)25/h3-5,10,14,16,19H,2,6-9,11H2,1H3,(H,26,30)/t14-,16+,19+/m1/s1. The molecule has 0 spiro atoms. The van der Waals surface area contributed by atoms with Gasteiger partial charge in [0.2, 0.25) is 0 Å². The maximum Gasteiger partial charge on any atom is 0.257 e. The topological polar surface area (TPSA) is 54.3 Å². The van der Waals surface area contributed by atoms with Gasteiger partial charge in [-0.3, -0.25) is 9.59 Å². The molecular weight excluding hydrogens is 405 g/mol. The predicted molar refractivity (Wildman–Crippen MR) is 114 cm³/mol. The Kier molecular flexibility index (Phi) is 4.51. The second-order valence-electron chi connectivity index (χ2n) is 8.54. The van der Waals surface area contributed by atoms with Gasteiger partial charge in [0.25, 0.3) is 5.91 Å². The molecule has 2 fully saturated rings. The van der Waals surface area contributed by atoms with Gasteiger partial charge in [-0.1, -0.05) is 30.3 Å². The number of carbonyl (C=O) groups excluding carboxylic acids is 1. The van der Waals surface area contributed by atoms with Crippen LogP contribution in [0.1, 0.15) is 46.4 Å². The minimum absolute atomic E-state index is 0.000345. The molecule has 0 radical (unpaired) electrons. The summed E-state index contributed by atoms with van der Waals surface area (Å²) in [6, 6.07) is 5.53. The summed E-state index contributed by atoms with van der Waals surface area (Å²) in [7, 11) is 0. The van der Waals surface area contributed by atoms with Crippen molar-refractivity contribution < 1.29 is 9.18 Å². The third-order valence-corrected chi connectivity index (χ3v) is 7.23. The van der Waals surface area contributed by atoms with Crippen molar-refractivity contribution in [3.8, 4) is 0 Å². The molecule has 0 unspecified atom stereocenters. The van der Waals surface area contributed by atoms with E-state index in [9.17, 15) is 14.0 Å². The number of benzene rings is 1. The first-order valence-corrected chi connectivity index (χ1v) is 10.7. The zero-order valence-electron chi connectivity index (χ0n) is 16.8. The SMILES string of the molecule is C=C1c2c(C)c(=O)c(C(=O)NCc3cccc(Cl)c3F)cn2C[C@H]2[C@@H]3CC[C@@H](C3)N12. The van der Waals surface area contributed by atoms with E-state index in [1.165, 1.54) is 25.3 Å². The zero-order chi connectivity index (χ0) is 21.2. The van der Waals surface area contributed by atoms with Crippen LogP contribution < -0.4 is 10.7 Å². The van der Waals surface area contributed by atoms with Crippen LogP contribution in [0.15, 0.2) is 35.8 Å². The second-order valence-corrected chi connectivity index (χ2v) is 8.95. The maximum atomic E-state index is 14.1. The lowest BCUT2D eigenvalue weighted by Crippen LogP contribution is -2.47. The van der Waals surface area contributed by atoms with Crippen LogP contribution >= 0.6 is 11.6 Å². The summed E-state index contributed by atoms with van der Waals surface area (Å²) >= 11 is 5.80. The summed E-state index contributed by atoms with van der Waals surface area (Å²) in [5.74, 6) is -0.438. The van der Waals surface area contributed by atoms with Gasteiger partial charge >= 0.3 is 0 Å². The van der Waals surface area contributed by atoms with Crippen LogP contribution in [0.2, 0.25) is 5.02 Å². The highest BCUT2D eigenvalue weighted by atomic mass is 35.5. The fraction of sp³-hybridized carbons (Fsp3) is 0.391. The molecular formula is C23H23ClFN3O2. The van der Waals surface area contributed by atoms with Crippen molar-refractivity contribution in [2.24, 2.45) is 5.92 Å². The average molecular weight is 428 g/mol. The Balaban J connectivity index is 1.45. The van der Waals surface area contributed by atoms with E-state index in [-0.39, 0.29) is 28.1 Å². The summed E-state index contributed by atoms with van der Waals surface area (Å²) < 4.78 is 16.1. The average Bonchev–Trinajstić information content (AvgIpc) is 3.33. The number of nitrogens with one attached hydrogen (secondary N) is 1. The third kappa shape index (κ3) is 2.81. The summed E-state index contributed by atoms with van der Waals surface area (Å²) in [4.78, 5) is 28.2. The quantitative estimate of drug-likeness (QED) is 0.812. The highest BCUT2D eigenvalue weighted by molar-refractivity contribution is 6.30. The molecule has 3 aliphatic rings. The Morgan fingerprint density at radius 1 is 1.37 bits per heavy atom. The molecule has 1 saturated heterocycles. The molecule has 1 amide bonds. The number of rotatable bonds is 3. The minimum atomic E-state index is -0.564. The number of carbonyl (C=O) groups is 1. The van der Waals surface area contributed by atoms with Gasteiger partial charge in [-0.2, -0.15) is 0 Å². The van der Waals surface area contributed by atoms with E-state index >= 15 is 0 Å². The van der Waals surface area contributed by atoms with Gasteiger partial charge in [0.05, 0.1) is 22.5 Å². The number of hydrogen-bond donors (Lipinski definition) is 1. The molecule has 2 aromatic rings. The normalized spacial score (nSPS) is 24.0. The Morgan fingerprint density at radius 3 is 2.97 bits per heavy atom. The van der Waals surface area contributed by atoms with Crippen molar-refractivity contribution in [2.45, 2.75) is 51.4 Å². The molecule has 2 aliphatic heterocycles. The number of nitrogens with zero attached hydrogens (tertiary/aromatic N) is 2.